The molecule has 1 heterocycles. The molecule has 1 radical (unpaired) electrons. The predicted octanol–water partition coefficient (Wildman–Crippen LogP) is 2.65. The monoisotopic (exact) mass is 272 g/mol. The molecule has 0 aliphatic carbocycles. The third-order valence-electron chi connectivity index (χ3n) is 3.67. The van der Waals surface area contributed by atoms with Crippen molar-refractivity contribution in [2.24, 2.45) is 5.92 Å². The van der Waals surface area contributed by atoms with Crippen molar-refractivity contribution < 1.29 is 9.59 Å². The summed E-state index contributed by atoms with van der Waals surface area (Å²) in [7, 11) is 0. The molecule has 3 nitrogen and oxygen atoms in total. The molecule has 0 unspecified atom stereocenters. The number of amides is 1. The first kappa shape index (κ1) is 14.8. The smallest absolute Gasteiger partial charge is 0.226 e. The molecule has 107 valence electrons. The highest BCUT2D eigenvalue weighted by atomic mass is 16.2. The van der Waals surface area contributed by atoms with Crippen molar-refractivity contribution in [1.82, 2.24) is 4.90 Å². The van der Waals surface area contributed by atoms with E-state index >= 15 is 0 Å². The van der Waals surface area contributed by atoms with E-state index in [9.17, 15) is 9.59 Å². The van der Waals surface area contributed by atoms with Crippen LogP contribution in [0.15, 0.2) is 30.3 Å². The standard InChI is InChI=1S/C17H22NO2/c1-13(2)10-15(11-14-6-4-3-5-7-14)17(20)18-9-8-16(19)12-18/h3-7,15H,8-12H2,1-2H3/t15-/m0/s1. The highest BCUT2D eigenvalue weighted by Gasteiger charge is 2.30. The van der Waals surface area contributed by atoms with Crippen molar-refractivity contribution in [1.29, 1.82) is 0 Å². The van der Waals surface area contributed by atoms with Gasteiger partial charge < -0.3 is 4.90 Å². The summed E-state index contributed by atoms with van der Waals surface area (Å²) < 4.78 is 0. The van der Waals surface area contributed by atoms with Gasteiger partial charge in [0.15, 0.2) is 5.78 Å². The first-order valence-corrected chi connectivity index (χ1v) is 7.19. The Labute approximate surface area is 121 Å². The Bertz CT molecular complexity index is 467. The van der Waals surface area contributed by atoms with E-state index in [0.717, 1.165) is 12.8 Å². The van der Waals surface area contributed by atoms with Gasteiger partial charge in [0.1, 0.15) is 0 Å². The minimum absolute atomic E-state index is 0.0479. The van der Waals surface area contributed by atoms with Gasteiger partial charge in [-0.3, -0.25) is 9.59 Å². The van der Waals surface area contributed by atoms with E-state index in [1.165, 1.54) is 11.5 Å². The van der Waals surface area contributed by atoms with Crippen molar-refractivity contribution in [3.8, 4) is 0 Å². The van der Waals surface area contributed by atoms with Crippen LogP contribution in [0.2, 0.25) is 0 Å². The predicted molar refractivity (Wildman–Crippen MR) is 79.0 cm³/mol. The molecule has 20 heavy (non-hydrogen) atoms. The average molecular weight is 272 g/mol. The van der Waals surface area contributed by atoms with Crippen molar-refractivity contribution in [2.75, 3.05) is 13.1 Å². The number of hydrogen-bond acceptors (Lipinski definition) is 2. The van der Waals surface area contributed by atoms with Gasteiger partial charge in [0.25, 0.3) is 0 Å². The summed E-state index contributed by atoms with van der Waals surface area (Å²) >= 11 is 0. The number of hydrogen-bond donors (Lipinski definition) is 0. The Hall–Kier alpha value is -1.64. The first-order valence-electron chi connectivity index (χ1n) is 7.19. The lowest BCUT2D eigenvalue weighted by Gasteiger charge is -2.24. The van der Waals surface area contributed by atoms with Crippen LogP contribution in [0.1, 0.15) is 32.3 Å². The average Bonchev–Trinajstić information content (AvgIpc) is 2.84. The van der Waals surface area contributed by atoms with E-state index in [-0.39, 0.29) is 17.6 Å². The number of ketones is 1. The number of Topliss-reactive ketones (excluding diaryl/α,β-unsaturated/α-hetero) is 1. The molecule has 1 atom stereocenters. The van der Waals surface area contributed by atoms with Gasteiger partial charge in [-0.1, -0.05) is 44.2 Å². The van der Waals surface area contributed by atoms with E-state index in [1.54, 1.807) is 4.90 Å². The molecule has 1 fully saturated rings. The zero-order valence-electron chi connectivity index (χ0n) is 12.3. The summed E-state index contributed by atoms with van der Waals surface area (Å²) in [6, 6.07) is 10.1. The van der Waals surface area contributed by atoms with E-state index in [1.807, 2.05) is 18.2 Å². The van der Waals surface area contributed by atoms with Crippen molar-refractivity contribution in [2.45, 2.75) is 33.1 Å². The molecule has 1 aromatic rings. The summed E-state index contributed by atoms with van der Waals surface area (Å²) in [4.78, 5) is 25.7. The Morgan fingerprint density at radius 2 is 1.95 bits per heavy atom. The van der Waals surface area contributed by atoms with E-state index < -0.39 is 0 Å². The Morgan fingerprint density at radius 1 is 1.25 bits per heavy atom. The second-order valence-corrected chi connectivity index (χ2v) is 5.85. The third-order valence-corrected chi connectivity index (χ3v) is 3.67. The molecule has 0 spiro atoms. The molecular formula is C17H22NO2. The van der Waals surface area contributed by atoms with E-state index in [2.05, 4.69) is 26.0 Å². The van der Waals surface area contributed by atoms with Crippen molar-refractivity contribution in [3.05, 3.63) is 41.8 Å². The van der Waals surface area contributed by atoms with Crippen LogP contribution in [0.25, 0.3) is 0 Å². The Balaban J connectivity index is 2.06. The summed E-state index contributed by atoms with van der Waals surface area (Å²) in [6.07, 6.45) is 2.05. The van der Waals surface area contributed by atoms with E-state index in [0.29, 0.717) is 19.5 Å². The fourth-order valence-electron chi connectivity index (χ4n) is 2.72. The second-order valence-electron chi connectivity index (χ2n) is 5.85. The molecule has 0 N–H and O–H groups in total. The van der Waals surface area contributed by atoms with Crippen LogP contribution in [0.5, 0.6) is 0 Å². The summed E-state index contributed by atoms with van der Waals surface area (Å²) in [6.45, 7) is 5.00. The van der Waals surface area contributed by atoms with Gasteiger partial charge in [0.2, 0.25) is 5.91 Å². The quantitative estimate of drug-likeness (QED) is 0.826. The molecule has 3 heteroatoms. The molecule has 0 aromatic heterocycles. The van der Waals surface area contributed by atoms with Crippen molar-refractivity contribution >= 4 is 11.7 Å². The van der Waals surface area contributed by atoms with E-state index in [4.69, 9.17) is 0 Å². The van der Waals surface area contributed by atoms with Crippen LogP contribution in [0, 0.1) is 11.8 Å². The van der Waals surface area contributed by atoms with Gasteiger partial charge >= 0.3 is 0 Å². The SMILES string of the molecule is C[C](C)C[C@@H](Cc1ccccc1)C(=O)N1CCC(=O)C1. The van der Waals surface area contributed by atoms with Gasteiger partial charge in [-0.2, -0.15) is 0 Å². The van der Waals surface area contributed by atoms with Crippen molar-refractivity contribution in [3.63, 3.8) is 0 Å². The molecule has 2 rings (SSSR count). The number of likely N-dealkylation sites (tertiary alicyclic amines) is 1. The molecular weight excluding hydrogens is 250 g/mol. The van der Waals surface area contributed by atoms with Crippen LogP contribution in [-0.2, 0) is 16.0 Å². The van der Waals surface area contributed by atoms with Crippen LogP contribution in [0.4, 0.5) is 0 Å². The molecule has 1 saturated heterocycles. The summed E-state index contributed by atoms with van der Waals surface area (Å²) in [5.74, 6) is 1.51. The van der Waals surface area contributed by atoms with Gasteiger partial charge in [0, 0.05) is 18.9 Å². The van der Waals surface area contributed by atoms with Gasteiger partial charge in [-0.25, -0.2) is 0 Å². The maximum atomic E-state index is 12.6. The maximum Gasteiger partial charge on any atom is 0.226 e. The number of carbonyl (C=O) groups is 2. The molecule has 0 saturated carbocycles. The molecule has 1 aliphatic rings. The fourth-order valence-corrected chi connectivity index (χ4v) is 2.72. The lowest BCUT2D eigenvalue weighted by Crippen LogP contribution is -2.36. The Kier molecular flexibility index (Phi) is 4.94. The maximum absolute atomic E-state index is 12.6. The van der Waals surface area contributed by atoms with Crippen LogP contribution in [-0.4, -0.2) is 29.7 Å². The van der Waals surface area contributed by atoms with Gasteiger partial charge in [-0.05, 0) is 24.3 Å². The first-order chi connectivity index (χ1) is 9.56. The highest BCUT2D eigenvalue weighted by molar-refractivity contribution is 5.90. The zero-order chi connectivity index (χ0) is 14.5. The normalized spacial score (nSPS) is 16.8. The fraction of sp³-hybridized carbons (Fsp3) is 0.471. The minimum Gasteiger partial charge on any atom is -0.335 e. The van der Waals surface area contributed by atoms with Gasteiger partial charge in [-0.15, -0.1) is 0 Å². The Morgan fingerprint density at radius 3 is 2.50 bits per heavy atom. The third kappa shape index (κ3) is 3.92. The second kappa shape index (κ2) is 6.69. The zero-order valence-corrected chi connectivity index (χ0v) is 12.3. The van der Waals surface area contributed by atoms with Gasteiger partial charge in [0.05, 0.1) is 6.54 Å². The molecule has 1 aliphatic heterocycles. The number of rotatable bonds is 5. The lowest BCUT2D eigenvalue weighted by atomic mass is 9.90. The lowest BCUT2D eigenvalue weighted by molar-refractivity contribution is -0.135. The topological polar surface area (TPSA) is 37.4 Å². The molecule has 1 amide bonds. The van der Waals surface area contributed by atoms with Crippen LogP contribution >= 0.6 is 0 Å². The summed E-state index contributed by atoms with van der Waals surface area (Å²) in [5.41, 5.74) is 1.18. The van der Waals surface area contributed by atoms with Crippen LogP contribution in [0.3, 0.4) is 0 Å². The summed E-state index contributed by atoms with van der Waals surface area (Å²) in [5, 5.41) is 0. The largest absolute Gasteiger partial charge is 0.335 e. The number of nitrogens with zero attached hydrogens (tertiary/aromatic N) is 1. The molecule has 1 aromatic carbocycles. The van der Waals surface area contributed by atoms with Crippen LogP contribution < -0.4 is 0 Å². The highest BCUT2D eigenvalue weighted by Crippen LogP contribution is 2.22. The number of carbonyl (C=O) groups excluding carboxylic acids is 2. The minimum atomic E-state index is -0.0479. The molecule has 0 bridgehead atoms. The number of benzene rings is 1.